The molecule has 0 saturated carbocycles. The van der Waals surface area contributed by atoms with Crippen molar-refractivity contribution in [3.63, 3.8) is 0 Å². The molecule has 0 saturated heterocycles. The van der Waals surface area contributed by atoms with Crippen LogP contribution in [0.1, 0.15) is 24.0 Å². The number of benzene rings is 2. The highest BCUT2D eigenvalue weighted by Gasteiger charge is 2.16. The third kappa shape index (κ3) is 6.75. The van der Waals surface area contributed by atoms with Crippen molar-refractivity contribution in [2.24, 2.45) is 0 Å². The molecule has 0 bridgehead atoms. The molecule has 184 valence electrons. The van der Waals surface area contributed by atoms with E-state index in [-0.39, 0.29) is 12.2 Å². The van der Waals surface area contributed by atoms with Gasteiger partial charge >= 0.3 is 0 Å². The Hall–Kier alpha value is -2.60. The molecule has 2 aromatic carbocycles. The van der Waals surface area contributed by atoms with Crippen molar-refractivity contribution in [2.75, 3.05) is 11.5 Å². The Morgan fingerprint density at radius 3 is 1.89 bits per heavy atom. The number of nitrogens with zero attached hydrogens (tertiary/aromatic N) is 2. The minimum absolute atomic E-state index is 0.276. The number of hydrogen-bond acceptors (Lipinski definition) is 7. The molecule has 0 aliphatic heterocycles. The van der Waals surface area contributed by atoms with Crippen molar-refractivity contribution in [1.29, 1.82) is 0 Å². The second kappa shape index (κ2) is 11.9. The molecule has 0 aliphatic carbocycles. The SMILES string of the molecule is O=S(=O)([O-])CCC[n+]1ccc(Cc2cc[n+](CCCSOO[O-])c3ccccc23)c2ccccc21. The second-order valence-electron chi connectivity index (χ2n) is 8.21. The molecule has 4 aromatic rings. The van der Waals surface area contributed by atoms with Crippen LogP contribution in [-0.4, -0.2) is 24.5 Å². The number of rotatable bonds is 12. The van der Waals surface area contributed by atoms with E-state index in [1.54, 1.807) is 0 Å². The van der Waals surface area contributed by atoms with E-state index in [1.165, 1.54) is 16.5 Å². The van der Waals surface area contributed by atoms with Gasteiger partial charge in [0.1, 0.15) is 13.1 Å². The molecule has 0 spiro atoms. The van der Waals surface area contributed by atoms with E-state index in [0.29, 0.717) is 12.3 Å². The molecule has 0 radical (unpaired) electrons. The first-order valence-corrected chi connectivity index (χ1v) is 13.8. The van der Waals surface area contributed by atoms with Gasteiger partial charge in [-0.3, -0.25) is 5.04 Å². The molecule has 8 nitrogen and oxygen atoms in total. The first-order chi connectivity index (χ1) is 17.0. The van der Waals surface area contributed by atoms with Crippen LogP contribution in [0.5, 0.6) is 0 Å². The van der Waals surface area contributed by atoms with Crippen molar-refractivity contribution in [2.45, 2.75) is 32.4 Å². The molecule has 2 aromatic heterocycles. The van der Waals surface area contributed by atoms with Crippen molar-refractivity contribution in [3.8, 4) is 0 Å². The van der Waals surface area contributed by atoms with Crippen LogP contribution >= 0.6 is 12.0 Å². The molecule has 35 heavy (non-hydrogen) atoms. The first kappa shape index (κ1) is 25.5. The molecular formula is C25H26N2O6S2. The lowest BCUT2D eigenvalue weighted by Gasteiger charge is -2.10. The zero-order valence-corrected chi connectivity index (χ0v) is 20.7. The summed E-state index contributed by atoms with van der Waals surface area (Å²) in [6.07, 6.45) is 5.88. The van der Waals surface area contributed by atoms with E-state index in [0.717, 1.165) is 47.8 Å². The van der Waals surface area contributed by atoms with Gasteiger partial charge in [-0.2, -0.15) is 13.5 Å². The third-order valence-electron chi connectivity index (χ3n) is 5.91. The van der Waals surface area contributed by atoms with Crippen LogP contribution in [0.4, 0.5) is 0 Å². The van der Waals surface area contributed by atoms with Crippen molar-refractivity contribution < 1.29 is 36.7 Å². The summed E-state index contributed by atoms with van der Waals surface area (Å²) >= 11 is 0.996. The maximum Gasteiger partial charge on any atom is 0.212 e. The summed E-state index contributed by atoms with van der Waals surface area (Å²) in [5, 5.41) is 15.6. The average Bonchev–Trinajstić information content (AvgIpc) is 2.85. The molecule has 0 fully saturated rings. The van der Waals surface area contributed by atoms with Crippen LogP contribution in [0.3, 0.4) is 0 Å². The molecule has 10 heteroatoms. The topological polar surface area (TPSA) is 106 Å². The minimum atomic E-state index is -4.22. The normalized spacial score (nSPS) is 11.9. The zero-order chi connectivity index (χ0) is 24.7. The van der Waals surface area contributed by atoms with Crippen molar-refractivity contribution in [1.82, 2.24) is 0 Å². The van der Waals surface area contributed by atoms with Gasteiger partial charge in [0.15, 0.2) is 12.4 Å². The van der Waals surface area contributed by atoms with Gasteiger partial charge in [-0.15, -0.1) is 0 Å². The van der Waals surface area contributed by atoms with Gasteiger partial charge in [-0.05, 0) is 29.7 Å². The molecule has 0 atom stereocenters. The van der Waals surface area contributed by atoms with Crippen LogP contribution in [0, 0.1) is 0 Å². The summed E-state index contributed by atoms with van der Waals surface area (Å²) in [5.41, 5.74) is 4.51. The monoisotopic (exact) mass is 514 g/mol. The number of pyridine rings is 2. The summed E-state index contributed by atoms with van der Waals surface area (Å²) in [5.74, 6) is 0.270. The zero-order valence-electron chi connectivity index (χ0n) is 19.0. The van der Waals surface area contributed by atoms with Gasteiger partial charge in [-0.1, -0.05) is 24.3 Å². The Morgan fingerprint density at radius 1 is 0.800 bits per heavy atom. The van der Waals surface area contributed by atoms with Gasteiger partial charge < -0.3 is 9.81 Å². The summed E-state index contributed by atoms with van der Waals surface area (Å²) in [6.45, 7) is 1.24. The number of aromatic nitrogens is 2. The first-order valence-electron chi connectivity index (χ1n) is 11.3. The third-order valence-corrected chi connectivity index (χ3v) is 7.30. The predicted molar refractivity (Wildman–Crippen MR) is 130 cm³/mol. The van der Waals surface area contributed by atoms with Gasteiger partial charge in [-0.25, -0.2) is 8.42 Å². The predicted octanol–water partition coefficient (Wildman–Crippen LogP) is 2.36. The fourth-order valence-electron chi connectivity index (χ4n) is 4.35. The van der Waals surface area contributed by atoms with Crippen LogP contribution in [0.25, 0.3) is 21.8 Å². The Kier molecular flexibility index (Phi) is 8.66. The minimum Gasteiger partial charge on any atom is -0.748 e. The van der Waals surface area contributed by atoms with E-state index < -0.39 is 10.1 Å². The molecule has 0 unspecified atom stereocenters. The van der Waals surface area contributed by atoms with Crippen LogP contribution in [-0.2, 0) is 39.0 Å². The maximum absolute atomic E-state index is 11.0. The molecule has 0 N–H and O–H groups in total. The van der Waals surface area contributed by atoms with E-state index in [2.05, 4.69) is 50.5 Å². The Labute approximate surface area is 208 Å². The summed E-state index contributed by atoms with van der Waals surface area (Å²) in [6, 6.07) is 20.5. The molecule has 2 heterocycles. The van der Waals surface area contributed by atoms with Crippen molar-refractivity contribution >= 4 is 44.0 Å². The fraction of sp³-hybridized carbons (Fsp3) is 0.280. The number of hydrogen-bond donors (Lipinski definition) is 0. The van der Waals surface area contributed by atoms with Crippen LogP contribution in [0.2, 0.25) is 0 Å². The van der Waals surface area contributed by atoms with E-state index in [4.69, 9.17) is 0 Å². The Morgan fingerprint density at radius 2 is 1.34 bits per heavy atom. The lowest BCUT2D eigenvalue weighted by molar-refractivity contribution is -0.777. The highest BCUT2D eigenvalue weighted by Crippen LogP contribution is 2.23. The Balaban J connectivity index is 1.59. The standard InChI is InChI=1S/C25H26N2O6S2/c28-32-33-34-17-5-13-26-15-11-20(22-7-1-3-9-24(22)26)19-21-12-16-27(14-6-18-35(29,30)31)25-10-4-2-8-23(21)25/h1-4,7-12,15-16H,5-6,13-14,17-19H2. The molecule has 0 amide bonds. The second-order valence-corrected chi connectivity index (χ2v) is 10.5. The number of aryl methyl sites for hydroxylation is 2. The van der Waals surface area contributed by atoms with Gasteiger partial charge in [0.25, 0.3) is 0 Å². The van der Waals surface area contributed by atoms with Crippen LogP contribution < -0.4 is 14.4 Å². The maximum atomic E-state index is 11.0. The summed E-state index contributed by atoms with van der Waals surface area (Å²) in [4.78, 5) is 0. The fourth-order valence-corrected chi connectivity index (χ4v) is 5.19. The quantitative estimate of drug-likeness (QED) is 0.0713. The highest BCUT2D eigenvalue weighted by molar-refractivity contribution is 7.94. The lowest BCUT2D eigenvalue weighted by atomic mass is 9.98. The molecule has 0 aliphatic rings. The van der Waals surface area contributed by atoms with Gasteiger partial charge in [0.05, 0.1) is 10.1 Å². The molecular weight excluding hydrogens is 488 g/mol. The van der Waals surface area contributed by atoms with Gasteiger partial charge in [0.2, 0.25) is 11.0 Å². The van der Waals surface area contributed by atoms with E-state index in [9.17, 15) is 18.2 Å². The number of fused-ring (bicyclic) bond motifs is 2. The highest BCUT2D eigenvalue weighted by atomic mass is 32.2. The number of para-hydroxylation sites is 2. The largest absolute Gasteiger partial charge is 0.748 e. The average molecular weight is 515 g/mol. The van der Waals surface area contributed by atoms with Gasteiger partial charge in [0, 0.05) is 71.4 Å². The summed E-state index contributed by atoms with van der Waals surface area (Å²) < 4.78 is 41.5. The lowest BCUT2D eigenvalue weighted by Crippen LogP contribution is -2.35. The van der Waals surface area contributed by atoms with Crippen LogP contribution in [0.15, 0.2) is 73.1 Å². The smallest absolute Gasteiger partial charge is 0.212 e. The van der Waals surface area contributed by atoms with E-state index in [1.807, 2.05) is 41.1 Å². The Bertz CT molecular complexity index is 1410. The molecule has 4 rings (SSSR count). The summed E-state index contributed by atoms with van der Waals surface area (Å²) in [7, 11) is -4.22. The van der Waals surface area contributed by atoms with Crippen molar-refractivity contribution in [3.05, 3.63) is 84.2 Å². The van der Waals surface area contributed by atoms with E-state index >= 15 is 0 Å².